The highest BCUT2D eigenvalue weighted by atomic mass is 19.1. The van der Waals surface area contributed by atoms with E-state index in [-0.39, 0.29) is 11.9 Å². The number of ether oxygens (including phenoxy) is 2. The van der Waals surface area contributed by atoms with E-state index in [0.717, 1.165) is 31.5 Å². The zero-order valence-corrected chi connectivity index (χ0v) is 16.2. The Morgan fingerprint density at radius 1 is 0.929 bits per heavy atom. The van der Waals surface area contributed by atoms with Crippen LogP contribution >= 0.6 is 0 Å². The molecular weight excluding hydrogens is 361 g/mol. The highest BCUT2D eigenvalue weighted by molar-refractivity contribution is 5.41. The van der Waals surface area contributed by atoms with Crippen molar-refractivity contribution in [2.45, 2.75) is 31.8 Å². The molecule has 2 aliphatic rings. The molecule has 2 saturated heterocycles. The number of benzene rings is 1. The van der Waals surface area contributed by atoms with E-state index >= 15 is 0 Å². The molecule has 8 heteroatoms. The van der Waals surface area contributed by atoms with Crippen molar-refractivity contribution >= 4 is 11.9 Å². The quantitative estimate of drug-likeness (QED) is 0.799. The van der Waals surface area contributed by atoms with Crippen LogP contribution in [0.3, 0.4) is 0 Å². The topological polar surface area (TPSA) is 63.6 Å². The molecule has 3 heterocycles. The van der Waals surface area contributed by atoms with E-state index in [2.05, 4.69) is 19.8 Å². The molecule has 150 valence electrons. The monoisotopic (exact) mass is 387 g/mol. The summed E-state index contributed by atoms with van der Waals surface area (Å²) >= 11 is 0. The Morgan fingerprint density at radius 2 is 1.61 bits per heavy atom. The van der Waals surface area contributed by atoms with E-state index in [1.807, 2.05) is 0 Å². The van der Waals surface area contributed by atoms with Crippen molar-refractivity contribution in [3.05, 3.63) is 35.6 Å². The standard InChI is InChI=1S/C20H26FN5O2/c1-27-20-23-18(25-10-4-2-3-5-11-25)22-19(24-20)26-12-13-28-17(14-26)15-6-8-16(21)9-7-15/h6-9,17H,2-5,10-14H2,1H3. The van der Waals surface area contributed by atoms with Crippen LogP contribution in [0.25, 0.3) is 0 Å². The summed E-state index contributed by atoms with van der Waals surface area (Å²) in [5.74, 6) is 1.02. The average Bonchev–Trinajstić information content (AvgIpc) is 3.04. The second-order valence-electron chi connectivity index (χ2n) is 7.18. The van der Waals surface area contributed by atoms with Crippen LogP contribution in [0.4, 0.5) is 16.3 Å². The molecule has 7 nitrogen and oxygen atoms in total. The molecule has 0 amide bonds. The zero-order chi connectivity index (χ0) is 19.3. The summed E-state index contributed by atoms with van der Waals surface area (Å²) in [4.78, 5) is 18.0. The van der Waals surface area contributed by atoms with Crippen LogP contribution in [0.15, 0.2) is 24.3 Å². The molecule has 0 aliphatic carbocycles. The van der Waals surface area contributed by atoms with E-state index in [9.17, 15) is 4.39 Å². The van der Waals surface area contributed by atoms with Gasteiger partial charge in [-0.15, -0.1) is 0 Å². The van der Waals surface area contributed by atoms with Crippen molar-refractivity contribution < 1.29 is 13.9 Å². The van der Waals surface area contributed by atoms with E-state index in [1.165, 1.54) is 25.0 Å². The van der Waals surface area contributed by atoms with Gasteiger partial charge in [0, 0.05) is 19.6 Å². The van der Waals surface area contributed by atoms with Gasteiger partial charge in [-0.2, -0.15) is 15.0 Å². The first kappa shape index (κ1) is 18.9. The second-order valence-corrected chi connectivity index (χ2v) is 7.18. The summed E-state index contributed by atoms with van der Waals surface area (Å²) in [6.07, 6.45) is 4.63. The molecule has 2 fully saturated rings. The maximum Gasteiger partial charge on any atom is 0.322 e. The number of morpholine rings is 1. The number of nitrogens with zero attached hydrogens (tertiary/aromatic N) is 5. The van der Waals surface area contributed by atoms with E-state index in [1.54, 1.807) is 19.2 Å². The molecule has 4 rings (SSSR count). The summed E-state index contributed by atoms with van der Waals surface area (Å²) in [6.45, 7) is 3.74. The van der Waals surface area contributed by atoms with Crippen LogP contribution in [-0.2, 0) is 4.74 Å². The Hall–Kier alpha value is -2.48. The third-order valence-electron chi connectivity index (χ3n) is 5.25. The van der Waals surface area contributed by atoms with Crippen molar-refractivity contribution in [3.63, 3.8) is 0 Å². The van der Waals surface area contributed by atoms with Crippen LogP contribution in [0.2, 0.25) is 0 Å². The molecule has 1 unspecified atom stereocenters. The first-order chi connectivity index (χ1) is 13.7. The summed E-state index contributed by atoms with van der Waals surface area (Å²) in [6, 6.07) is 6.77. The van der Waals surface area contributed by atoms with Gasteiger partial charge in [0.25, 0.3) is 0 Å². The molecule has 0 radical (unpaired) electrons. The SMILES string of the molecule is COc1nc(N2CCCCCC2)nc(N2CCOC(c3ccc(F)cc3)C2)n1. The number of rotatable bonds is 4. The number of aromatic nitrogens is 3. The third kappa shape index (κ3) is 4.32. The van der Waals surface area contributed by atoms with Gasteiger partial charge in [0.1, 0.15) is 11.9 Å². The minimum Gasteiger partial charge on any atom is -0.467 e. The normalized spacial score (nSPS) is 20.7. The van der Waals surface area contributed by atoms with Crippen molar-refractivity contribution in [1.29, 1.82) is 0 Å². The van der Waals surface area contributed by atoms with Crippen molar-refractivity contribution in [3.8, 4) is 6.01 Å². The minimum absolute atomic E-state index is 0.154. The molecule has 0 spiro atoms. The highest BCUT2D eigenvalue weighted by Crippen LogP contribution is 2.27. The maximum atomic E-state index is 13.2. The molecule has 28 heavy (non-hydrogen) atoms. The van der Waals surface area contributed by atoms with E-state index in [4.69, 9.17) is 14.5 Å². The van der Waals surface area contributed by atoms with Crippen molar-refractivity contribution in [2.75, 3.05) is 49.7 Å². The van der Waals surface area contributed by atoms with Gasteiger partial charge < -0.3 is 19.3 Å². The second kappa shape index (κ2) is 8.68. The Labute approximate surface area is 164 Å². The average molecular weight is 387 g/mol. The van der Waals surface area contributed by atoms with E-state index < -0.39 is 0 Å². The Kier molecular flexibility index (Phi) is 5.85. The van der Waals surface area contributed by atoms with Crippen LogP contribution in [0.5, 0.6) is 6.01 Å². The molecular formula is C20H26FN5O2. The number of halogens is 1. The lowest BCUT2D eigenvalue weighted by Crippen LogP contribution is -2.40. The number of anilines is 2. The van der Waals surface area contributed by atoms with Gasteiger partial charge in [-0.3, -0.25) is 0 Å². The molecule has 0 N–H and O–H groups in total. The molecule has 2 aliphatic heterocycles. The van der Waals surface area contributed by atoms with E-state index in [0.29, 0.717) is 37.6 Å². The number of hydrogen-bond donors (Lipinski definition) is 0. The predicted octanol–water partition coefficient (Wildman–Crippen LogP) is 2.98. The fourth-order valence-electron chi connectivity index (χ4n) is 3.69. The van der Waals surface area contributed by atoms with Crippen molar-refractivity contribution in [2.24, 2.45) is 0 Å². The van der Waals surface area contributed by atoms with Crippen LogP contribution in [0, 0.1) is 5.82 Å². The van der Waals surface area contributed by atoms with Crippen LogP contribution in [0.1, 0.15) is 37.4 Å². The molecule has 0 bridgehead atoms. The zero-order valence-electron chi connectivity index (χ0n) is 16.2. The van der Waals surface area contributed by atoms with Crippen LogP contribution in [-0.4, -0.2) is 54.8 Å². The van der Waals surface area contributed by atoms with Gasteiger partial charge in [-0.1, -0.05) is 25.0 Å². The van der Waals surface area contributed by atoms with Gasteiger partial charge >= 0.3 is 6.01 Å². The Balaban J connectivity index is 1.56. The summed E-state index contributed by atoms with van der Waals surface area (Å²) in [5, 5.41) is 0. The number of hydrogen-bond acceptors (Lipinski definition) is 7. The van der Waals surface area contributed by atoms with Crippen molar-refractivity contribution in [1.82, 2.24) is 15.0 Å². The summed E-state index contributed by atoms with van der Waals surface area (Å²) < 4.78 is 24.5. The van der Waals surface area contributed by atoms with Gasteiger partial charge in [0.2, 0.25) is 11.9 Å². The van der Waals surface area contributed by atoms with Gasteiger partial charge in [-0.05, 0) is 30.5 Å². The molecule has 1 aromatic heterocycles. The molecule has 0 saturated carbocycles. The highest BCUT2D eigenvalue weighted by Gasteiger charge is 2.26. The summed E-state index contributed by atoms with van der Waals surface area (Å²) in [5.41, 5.74) is 0.944. The van der Waals surface area contributed by atoms with Crippen LogP contribution < -0.4 is 14.5 Å². The lowest BCUT2D eigenvalue weighted by Gasteiger charge is -2.33. The lowest BCUT2D eigenvalue weighted by molar-refractivity contribution is 0.0391. The lowest BCUT2D eigenvalue weighted by atomic mass is 10.1. The fraction of sp³-hybridized carbons (Fsp3) is 0.550. The first-order valence-electron chi connectivity index (χ1n) is 9.90. The fourth-order valence-corrected chi connectivity index (χ4v) is 3.69. The third-order valence-corrected chi connectivity index (χ3v) is 5.25. The van der Waals surface area contributed by atoms with Gasteiger partial charge in [0.15, 0.2) is 0 Å². The Bertz CT molecular complexity index is 781. The summed E-state index contributed by atoms with van der Waals surface area (Å²) in [7, 11) is 1.58. The predicted molar refractivity (Wildman–Crippen MR) is 104 cm³/mol. The largest absolute Gasteiger partial charge is 0.467 e. The molecule has 1 atom stereocenters. The maximum absolute atomic E-state index is 13.2. The minimum atomic E-state index is -0.249. The molecule has 2 aromatic rings. The Morgan fingerprint density at radius 3 is 2.29 bits per heavy atom. The van der Waals surface area contributed by atoms with Gasteiger partial charge in [0.05, 0.1) is 20.3 Å². The molecule has 1 aromatic carbocycles. The van der Waals surface area contributed by atoms with Gasteiger partial charge in [-0.25, -0.2) is 4.39 Å². The smallest absolute Gasteiger partial charge is 0.322 e. The first-order valence-corrected chi connectivity index (χ1v) is 9.90. The number of methoxy groups -OCH3 is 1.